The summed E-state index contributed by atoms with van der Waals surface area (Å²) in [5.41, 5.74) is 4.86. The Balaban J connectivity index is 2.75. The van der Waals surface area contributed by atoms with Crippen LogP contribution in [0.4, 0.5) is 5.69 Å². The van der Waals surface area contributed by atoms with Gasteiger partial charge in [-0.05, 0) is 0 Å². The van der Waals surface area contributed by atoms with Gasteiger partial charge in [-0.25, -0.2) is 9.89 Å². The summed E-state index contributed by atoms with van der Waals surface area (Å²) in [4.78, 5) is 22.3. The number of aromatic amines is 1. The Labute approximate surface area is 95.7 Å². The molecule has 17 heavy (non-hydrogen) atoms. The van der Waals surface area contributed by atoms with E-state index in [9.17, 15) is 9.59 Å². The summed E-state index contributed by atoms with van der Waals surface area (Å²) in [6.45, 7) is 0. The number of benzene rings is 1. The normalized spacial score (nSPS) is 10.1. The van der Waals surface area contributed by atoms with Crippen LogP contribution < -0.4 is 11.3 Å². The van der Waals surface area contributed by atoms with Crippen LogP contribution in [0, 0.1) is 0 Å². The minimum Gasteiger partial charge on any atom is -0.478 e. The van der Waals surface area contributed by atoms with Crippen LogP contribution >= 0.6 is 0 Å². The Hall–Kier alpha value is -2.63. The van der Waals surface area contributed by atoms with Crippen molar-refractivity contribution in [3.8, 4) is 11.3 Å². The van der Waals surface area contributed by atoms with E-state index in [1.807, 2.05) is 0 Å². The third-order valence-corrected chi connectivity index (χ3v) is 2.28. The van der Waals surface area contributed by atoms with E-state index >= 15 is 0 Å². The highest BCUT2D eigenvalue weighted by atomic mass is 16.4. The van der Waals surface area contributed by atoms with Crippen LogP contribution in [0.1, 0.15) is 10.4 Å². The number of nitrogens with two attached hydrogens (primary N) is 1. The smallest absolute Gasteiger partial charge is 0.340 e. The van der Waals surface area contributed by atoms with Crippen LogP contribution in [0.2, 0.25) is 0 Å². The predicted molar refractivity (Wildman–Crippen MR) is 61.7 cm³/mol. The molecule has 2 rings (SSSR count). The Morgan fingerprint density at radius 3 is 2.53 bits per heavy atom. The number of aromatic nitrogens is 2. The summed E-state index contributed by atoms with van der Waals surface area (Å²) in [5, 5.41) is 15.0. The number of aromatic carboxylic acids is 1. The Kier molecular flexibility index (Phi) is 2.61. The van der Waals surface area contributed by atoms with Gasteiger partial charge in [0.1, 0.15) is 16.9 Å². The first-order chi connectivity index (χ1) is 8.11. The zero-order chi connectivity index (χ0) is 12.4. The summed E-state index contributed by atoms with van der Waals surface area (Å²) in [6, 6.07) is 8.64. The monoisotopic (exact) mass is 231 g/mol. The SMILES string of the molecule is Nc1c(C(=O)O)c(-c2ccccc2)n[nH]c1=O. The van der Waals surface area contributed by atoms with Crippen LogP contribution in [0.25, 0.3) is 11.3 Å². The fraction of sp³-hybridized carbons (Fsp3) is 0. The molecule has 0 bridgehead atoms. The van der Waals surface area contributed by atoms with Crippen molar-refractivity contribution >= 4 is 11.7 Å². The van der Waals surface area contributed by atoms with E-state index < -0.39 is 11.5 Å². The summed E-state index contributed by atoms with van der Waals surface area (Å²) in [6.07, 6.45) is 0. The second kappa shape index (κ2) is 4.09. The van der Waals surface area contributed by atoms with Crippen molar-refractivity contribution in [3.05, 3.63) is 46.2 Å². The molecule has 1 aromatic carbocycles. The van der Waals surface area contributed by atoms with Gasteiger partial charge in [0.05, 0.1) is 0 Å². The van der Waals surface area contributed by atoms with Gasteiger partial charge in [-0.15, -0.1) is 0 Å². The summed E-state index contributed by atoms with van der Waals surface area (Å²) < 4.78 is 0. The molecule has 0 aliphatic rings. The van der Waals surface area contributed by atoms with Gasteiger partial charge in [0, 0.05) is 5.56 Å². The average molecular weight is 231 g/mol. The molecule has 2 aromatic rings. The molecular weight excluding hydrogens is 222 g/mol. The molecule has 0 fully saturated rings. The highest BCUT2D eigenvalue weighted by Gasteiger charge is 2.19. The Morgan fingerprint density at radius 1 is 1.29 bits per heavy atom. The van der Waals surface area contributed by atoms with E-state index in [1.165, 1.54) is 0 Å². The number of hydrogen-bond acceptors (Lipinski definition) is 4. The highest BCUT2D eigenvalue weighted by molar-refractivity contribution is 5.99. The summed E-state index contributed by atoms with van der Waals surface area (Å²) >= 11 is 0. The molecule has 0 aliphatic carbocycles. The van der Waals surface area contributed by atoms with Crippen molar-refractivity contribution in [2.45, 2.75) is 0 Å². The lowest BCUT2D eigenvalue weighted by molar-refractivity contribution is 0.0698. The fourth-order valence-corrected chi connectivity index (χ4v) is 1.49. The minimum atomic E-state index is -1.28. The van der Waals surface area contributed by atoms with Crippen molar-refractivity contribution in [1.29, 1.82) is 0 Å². The number of carboxylic acid groups (broad SMARTS) is 1. The van der Waals surface area contributed by atoms with Crippen LogP contribution in [0.15, 0.2) is 35.1 Å². The quantitative estimate of drug-likeness (QED) is 0.705. The van der Waals surface area contributed by atoms with Crippen molar-refractivity contribution < 1.29 is 9.90 Å². The summed E-state index contributed by atoms with van der Waals surface area (Å²) in [7, 11) is 0. The number of rotatable bonds is 2. The number of nitrogens with one attached hydrogen (secondary N) is 1. The topological polar surface area (TPSA) is 109 Å². The van der Waals surface area contributed by atoms with Crippen LogP contribution in [0.5, 0.6) is 0 Å². The maximum atomic E-state index is 11.2. The molecule has 0 amide bonds. The maximum absolute atomic E-state index is 11.2. The van der Waals surface area contributed by atoms with E-state index in [1.54, 1.807) is 30.3 Å². The highest BCUT2D eigenvalue weighted by Crippen LogP contribution is 2.22. The van der Waals surface area contributed by atoms with Gasteiger partial charge >= 0.3 is 5.97 Å². The molecule has 1 aromatic heterocycles. The maximum Gasteiger partial charge on any atom is 0.340 e. The molecule has 0 saturated carbocycles. The molecule has 0 saturated heterocycles. The third kappa shape index (κ3) is 1.87. The fourth-order valence-electron chi connectivity index (χ4n) is 1.49. The molecule has 0 spiro atoms. The minimum absolute atomic E-state index is 0.148. The van der Waals surface area contributed by atoms with Crippen molar-refractivity contribution in [3.63, 3.8) is 0 Å². The standard InChI is InChI=1S/C11H9N3O3/c12-8-7(11(16)17)9(13-14-10(8)15)6-4-2-1-3-5-6/h1-5H,(H2,12,13)(H,14,15)(H,16,17). The van der Waals surface area contributed by atoms with Crippen LogP contribution in [-0.4, -0.2) is 21.3 Å². The zero-order valence-electron chi connectivity index (χ0n) is 8.68. The van der Waals surface area contributed by atoms with Gasteiger partial charge in [-0.1, -0.05) is 30.3 Å². The molecule has 0 radical (unpaired) electrons. The number of nitrogens with zero attached hydrogens (tertiary/aromatic N) is 1. The van der Waals surface area contributed by atoms with Crippen molar-refractivity contribution in [2.75, 3.05) is 5.73 Å². The molecule has 6 heteroatoms. The molecule has 0 aliphatic heterocycles. The number of H-pyrrole nitrogens is 1. The number of hydrogen-bond donors (Lipinski definition) is 3. The van der Waals surface area contributed by atoms with Crippen LogP contribution in [0.3, 0.4) is 0 Å². The molecule has 0 atom stereocenters. The third-order valence-electron chi connectivity index (χ3n) is 2.28. The molecule has 0 unspecified atom stereocenters. The van der Waals surface area contributed by atoms with Gasteiger partial charge in [0.2, 0.25) is 0 Å². The number of carbonyl (C=O) groups is 1. The van der Waals surface area contributed by atoms with E-state index in [0.717, 1.165) is 0 Å². The summed E-state index contributed by atoms with van der Waals surface area (Å²) in [5.74, 6) is -1.28. The first kappa shape index (κ1) is 10.9. The zero-order valence-corrected chi connectivity index (χ0v) is 8.68. The van der Waals surface area contributed by atoms with Gasteiger partial charge < -0.3 is 10.8 Å². The molecule has 1 heterocycles. The van der Waals surface area contributed by atoms with Crippen LogP contribution in [-0.2, 0) is 0 Å². The first-order valence-corrected chi connectivity index (χ1v) is 4.78. The van der Waals surface area contributed by atoms with Gasteiger partial charge in [-0.3, -0.25) is 4.79 Å². The Morgan fingerprint density at radius 2 is 1.94 bits per heavy atom. The van der Waals surface area contributed by atoms with E-state index in [0.29, 0.717) is 5.56 Å². The average Bonchev–Trinajstić information content (AvgIpc) is 2.33. The van der Waals surface area contributed by atoms with E-state index in [2.05, 4.69) is 10.2 Å². The number of nitrogen functional groups attached to an aromatic ring is 1. The van der Waals surface area contributed by atoms with Gasteiger partial charge in [0.25, 0.3) is 5.56 Å². The first-order valence-electron chi connectivity index (χ1n) is 4.78. The van der Waals surface area contributed by atoms with Crippen molar-refractivity contribution in [2.24, 2.45) is 0 Å². The second-order valence-electron chi connectivity index (χ2n) is 3.36. The Bertz CT molecular complexity index is 620. The molecule has 86 valence electrons. The van der Waals surface area contributed by atoms with Gasteiger partial charge in [-0.2, -0.15) is 5.10 Å². The molecular formula is C11H9N3O3. The largest absolute Gasteiger partial charge is 0.478 e. The van der Waals surface area contributed by atoms with Crippen molar-refractivity contribution in [1.82, 2.24) is 10.2 Å². The molecule has 4 N–H and O–H groups in total. The molecule has 6 nitrogen and oxygen atoms in total. The lowest BCUT2D eigenvalue weighted by atomic mass is 10.1. The lowest BCUT2D eigenvalue weighted by Crippen LogP contribution is -2.20. The second-order valence-corrected chi connectivity index (χ2v) is 3.36. The van der Waals surface area contributed by atoms with Gasteiger partial charge in [0.15, 0.2) is 0 Å². The number of carboxylic acids is 1. The lowest BCUT2D eigenvalue weighted by Gasteiger charge is -2.06. The van der Waals surface area contributed by atoms with E-state index in [4.69, 9.17) is 10.8 Å². The number of anilines is 1. The van der Waals surface area contributed by atoms with E-state index in [-0.39, 0.29) is 16.9 Å². The predicted octanol–water partition coefficient (Wildman–Crippen LogP) is 0.717.